The van der Waals surface area contributed by atoms with Crippen LogP contribution in [-0.4, -0.2) is 32.9 Å². The second-order valence-electron chi connectivity index (χ2n) is 4.43. The van der Waals surface area contributed by atoms with Gasteiger partial charge in [-0.3, -0.25) is 9.58 Å². The lowest BCUT2D eigenvalue weighted by Gasteiger charge is -2.24. The molecule has 1 saturated heterocycles. The predicted molar refractivity (Wildman–Crippen MR) is 58.9 cm³/mol. The molecule has 1 aromatic rings. The van der Waals surface area contributed by atoms with Gasteiger partial charge in [0.1, 0.15) is 0 Å². The Morgan fingerprint density at radius 3 is 2.62 bits per heavy atom. The van der Waals surface area contributed by atoms with Crippen molar-refractivity contribution in [2.24, 2.45) is 7.05 Å². The van der Waals surface area contributed by atoms with Gasteiger partial charge in [0.2, 0.25) is 0 Å². The van der Waals surface area contributed by atoms with Crippen molar-refractivity contribution in [3.8, 4) is 0 Å². The van der Waals surface area contributed by atoms with Gasteiger partial charge in [0.25, 0.3) is 0 Å². The van der Waals surface area contributed by atoms with Gasteiger partial charge in [-0.1, -0.05) is 0 Å². The molecule has 0 aromatic carbocycles. The first kappa shape index (κ1) is 11.0. The van der Waals surface area contributed by atoms with Crippen LogP contribution in [0.2, 0.25) is 0 Å². The zero-order valence-electron chi connectivity index (χ0n) is 10.0. The van der Waals surface area contributed by atoms with Crippen LogP contribution in [-0.2, 0) is 11.8 Å². The molecule has 1 aromatic heterocycles. The monoisotopic (exact) mass is 223 g/mol. The van der Waals surface area contributed by atoms with Crippen molar-refractivity contribution >= 4 is 6.09 Å². The minimum atomic E-state index is -0.242. The van der Waals surface area contributed by atoms with E-state index in [1.54, 1.807) is 15.8 Å². The van der Waals surface area contributed by atoms with Gasteiger partial charge in [-0.25, -0.2) is 4.79 Å². The summed E-state index contributed by atoms with van der Waals surface area (Å²) in [4.78, 5) is 13.5. The molecule has 1 fully saturated rings. The quantitative estimate of drug-likeness (QED) is 0.766. The fourth-order valence-corrected chi connectivity index (χ4v) is 2.23. The van der Waals surface area contributed by atoms with Crippen LogP contribution in [0.25, 0.3) is 0 Å². The van der Waals surface area contributed by atoms with Crippen LogP contribution >= 0.6 is 0 Å². The number of nitrogens with zero attached hydrogens (tertiary/aromatic N) is 3. The van der Waals surface area contributed by atoms with E-state index in [2.05, 4.69) is 5.10 Å². The van der Waals surface area contributed by atoms with E-state index in [4.69, 9.17) is 4.74 Å². The van der Waals surface area contributed by atoms with Crippen LogP contribution in [0, 0.1) is 0 Å². The Hall–Kier alpha value is -1.52. The molecule has 88 valence electrons. The van der Waals surface area contributed by atoms with Crippen molar-refractivity contribution in [3.05, 3.63) is 18.0 Å². The number of rotatable bonds is 2. The van der Waals surface area contributed by atoms with Gasteiger partial charge in [0, 0.05) is 19.3 Å². The van der Waals surface area contributed by atoms with Gasteiger partial charge in [-0.15, -0.1) is 0 Å². The van der Waals surface area contributed by atoms with Crippen LogP contribution in [0.15, 0.2) is 12.3 Å². The molecule has 0 N–H and O–H groups in total. The smallest absolute Gasteiger partial charge is 0.411 e. The number of hydrogen-bond acceptors (Lipinski definition) is 3. The third-order valence-corrected chi connectivity index (χ3v) is 3.02. The summed E-state index contributed by atoms with van der Waals surface area (Å²) in [7, 11) is 1.86. The van der Waals surface area contributed by atoms with Crippen LogP contribution in [0.5, 0.6) is 0 Å². The number of hydrogen-bond donors (Lipinski definition) is 0. The average molecular weight is 223 g/mol. The van der Waals surface area contributed by atoms with Gasteiger partial charge in [0.05, 0.1) is 11.7 Å². The van der Waals surface area contributed by atoms with Crippen molar-refractivity contribution in [1.82, 2.24) is 14.7 Å². The Balaban J connectivity index is 2.27. The van der Waals surface area contributed by atoms with E-state index in [0.29, 0.717) is 0 Å². The molecule has 5 nitrogen and oxygen atoms in total. The summed E-state index contributed by atoms with van der Waals surface area (Å²) in [6, 6.07) is 2.08. The zero-order valence-corrected chi connectivity index (χ0v) is 10.0. The molecule has 1 amide bonds. The highest BCUT2D eigenvalue weighted by atomic mass is 16.6. The second-order valence-corrected chi connectivity index (χ2v) is 4.43. The van der Waals surface area contributed by atoms with E-state index in [9.17, 15) is 4.79 Å². The predicted octanol–water partition coefficient (Wildman–Crippen LogP) is 1.71. The first-order valence-corrected chi connectivity index (χ1v) is 5.49. The molecule has 0 aliphatic carbocycles. The number of ether oxygens (including phenoxy) is 1. The average Bonchev–Trinajstić information content (AvgIpc) is 2.70. The summed E-state index contributed by atoms with van der Waals surface area (Å²) in [5.41, 5.74) is 0.934. The van der Waals surface area contributed by atoms with Crippen molar-refractivity contribution in [1.29, 1.82) is 0 Å². The molecule has 1 aliphatic heterocycles. The van der Waals surface area contributed by atoms with E-state index in [1.807, 2.05) is 33.9 Å². The van der Waals surface area contributed by atoms with Crippen molar-refractivity contribution in [2.75, 3.05) is 0 Å². The highest BCUT2D eigenvalue weighted by molar-refractivity contribution is 5.71. The Labute approximate surface area is 95.0 Å². The molecule has 2 heterocycles. The van der Waals surface area contributed by atoms with E-state index in [1.165, 1.54) is 0 Å². The summed E-state index contributed by atoms with van der Waals surface area (Å²) in [5.74, 6) is 0. The van der Waals surface area contributed by atoms with E-state index < -0.39 is 0 Å². The van der Waals surface area contributed by atoms with Gasteiger partial charge in [0.15, 0.2) is 6.10 Å². The summed E-state index contributed by atoms with van der Waals surface area (Å²) in [6.45, 7) is 5.98. The minimum Gasteiger partial charge on any atom is -0.437 e. The van der Waals surface area contributed by atoms with Crippen molar-refractivity contribution < 1.29 is 9.53 Å². The number of carbonyl (C=O) groups excluding carboxylic acids is 1. The van der Waals surface area contributed by atoms with Crippen LogP contribution in [0.3, 0.4) is 0 Å². The Morgan fingerprint density at radius 2 is 2.19 bits per heavy atom. The minimum absolute atomic E-state index is 0.0444. The van der Waals surface area contributed by atoms with Crippen LogP contribution in [0.4, 0.5) is 4.79 Å². The Morgan fingerprint density at radius 1 is 1.50 bits per heavy atom. The molecule has 0 spiro atoms. The number of aryl methyl sites for hydroxylation is 1. The Kier molecular flexibility index (Phi) is 2.61. The topological polar surface area (TPSA) is 47.4 Å². The fourth-order valence-electron chi connectivity index (χ4n) is 2.23. The van der Waals surface area contributed by atoms with E-state index >= 15 is 0 Å². The molecule has 0 saturated carbocycles. The lowest BCUT2D eigenvalue weighted by Crippen LogP contribution is -2.37. The molecule has 0 unspecified atom stereocenters. The lowest BCUT2D eigenvalue weighted by atomic mass is 10.1. The highest BCUT2D eigenvalue weighted by Gasteiger charge is 2.42. The number of carbonyl (C=O) groups is 1. The number of amides is 1. The first-order chi connectivity index (χ1) is 7.52. The summed E-state index contributed by atoms with van der Waals surface area (Å²) >= 11 is 0. The van der Waals surface area contributed by atoms with Gasteiger partial charge >= 0.3 is 6.09 Å². The molecule has 16 heavy (non-hydrogen) atoms. The maximum atomic E-state index is 11.7. The number of aromatic nitrogens is 2. The molecule has 0 bridgehead atoms. The van der Waals surface area contributed by atoms with Gasteiger partial charge in [-0.2, -0.15) is 5.10 Å². The summed E-state index contributed by atoms with van der Waals surface area (Å²) in [6.07, 6.45) is 1.25. The number of cyclic esters (lactones) is 1. The first-order valence-electron chi connectivity index (χ1n) is 5.49. The maximum Gasteiger partial charge on any atom is 0.411 e. The molecule has 2 atom stereocenters. The summed E-state index contributed by atoms with van der Waals surface area (Å²) in [5, 5.41) is 4.10. The molecular formula is C11H17N3O2. The third-order valence-electron chi connectivity index (χ3n) is 3.02. The molecular weight excluding hydrogens is 206 g/mol. The third kappa shape index (κ3) is 1.56. The van der Waals surface area contributed by atoms with E-state index in [0.717, 1.165) is 5.69 Å². The normalized spacial score (nSPS) is 25.3. The Bertz CT molecular complexity index is 400. The van der Waals surface area contributed by atoms with Crippen LogP contribution < -0.4 is 0 Å². The van der Waals surface area contributed by atoms with Gasteiger partial charge in [-0.05, 0) is 26.8 Å². The second kappa shape index (κ2) is 3.81. The summed E-state index contributed by atoms with van der Waals surface area (Å²) < 4.78 is 7.15. The standard InChI is InChI=1S/C11H17N3O2/c1-7(2)14-8(3)10(16-11(14)15)9-5-6-12-13(9)4/h5-8,10H,1-4H3/t8-,10-/m0/s1. The van der Waals surface area contributed by atoms with E-state index in [-0.39, 0.29) is 24.3 Å². The SMILES string of the molecule is CC(C)N1C(=O)O[C@H](c2ccnn2C)[C@@H]1C. The van der Waals surface area contributed by atoms with Crippen molar-refractivity contribution in [2.45, 2.75) is 39.0 Å². The van der Waals surface area contributed by atoms with Crippen LogP contribution in [0.1, 0.15) is 32.6 Å². The largest absolute Gasteiger partial charge is 0.437 e. The maximum absolute atomic E-state index is 11.7. The zero-order chi connectivity index (χ0) is 11.9. The molecule has 1 aliphatic rings. The molecule has 0 radical (unpaired) electrons. The fraction of sp³-hybridized carbons (Fsp3) is 0.636. The molecule has 5 heteroatoms. The molecule has 2 rings (SSSR count). The lowest BCUT2D eigenvalue weighted by molar-refractivity contribution is 0.125. The van der Waals surface area contributed by atoms with Crippen molar-refractivity contribution in [3.63, 3.8) is 0 Å². The highest BCUT2D eigenvalue weighted by Crippen LogP contribution is 2.32. The van der Waals surface area contributed by atoms with Gasteiger partial charge < -0.3 is 4.74 Å².